The molecule has 1 N–H and O–H groups in total. The molecule has 174 valence electrons. The molecule has 2 heterocycles. The smallest absolute Gasteiger partial charge is 0.301 e. The van der Waals surface area contributed by atoms with Crippen LogP contribution in [0.5, 0.6) is 0 Å². The number of aliphatic hydroxyl groups is 1. The summed E-state index contributed by atoms with van der Waals surface area (Å²) in [5.41, 5.74) is 3.32. The summed E-state index contributed by atoms with van der Waals surface area (Å²) in [5.74, 6) is -1.98. The fourth-order valence-corrected chi connectivity index (χ4v) is 5.51. The Balaban J connectivity index is 1.74. The second-order valence-electron chi connectivity index (χ2n) is 8.31. The third kappa shape index (κ3) is 3.75. The minimum absolute atomic E-state index is 0.0952. The Bertz CT molecular complexity index is 1540. The summed E-state index contributed by atoms with van der Waals surface area (Å²) in [6, 6.07) is 17.0. The number of nitro benzene ring substituents is 1. The van der Waals surface area contributed by atoms with E-state index in [1.165, 1.54) is 40.5 Å². The lowest BCUT2D eigenvalue weighted by Crippen LogP contribution is -2.29. The van der Waals surface area contributed by atoms with Crippen LogP contribution in [0.25, 0.3) is 16.0 Å². The minimum Gasteiger partial charge on any atom is -0.507 e. The van der Waals surface area contributed by atoms with E-state index in [0.29, 0.717) is 16.3 Å². The zero-order valence-corrected chi connectivity index (χ0v) is 19.6. The third-order valence-electron chi connectivity index (χ3n) is 5.94. The first-order chi connectivity index (χ1) is 16.8. The van der Waals surface area contributed by atoms with Gasteiger partial charge in [-0.3, -0.25) is 24.6 Å². The fraction of sp³-hybridized carbons (Fsp3) is 0.115. The Morgan fingerprint density at radius 3 is 2.40 bits per heavy atom. The highest BCUT2D eigenvalue weighted by atomic mass is 32.1. The van der Waals surface area contributed by atoms with Gasteiger partial charge in [0.2, 0.25) is 0 Å². The number of anilines is 1. The molecule has 3 aromatic carbocycles. The van der Waals surface area contributed by atoms with Crippen LogP contribution < -0.4 is 4.90 Å². The van der Waals surface area contributed by atoms with Crippen molar-refractivity contribution in [3.8, 4) is 0 Å². The summed E-state index contributed by atoms with van der Waals surface area (Å²) in [5, 5.41) is 22.6. The Hall–Kier alpha value is -4.37. The number of benzene rings is 3. The van der Waals surface area contributed by atoms with Gasteiger partial charge < -0.3 is 5.11 Å². The van der Waals surface area contributed by atoms with Crippen molar-refractivity contribution >= 4 is 49.8 Å². The highest BCUT2D eigenvalue weighted by Gasteiger charge is 2.48. The molecule has 0 spiro atoms. The normalized spacial score (nSPS) is 17.3. The van der Waals surface area contributed by atoms with Crippen LogP contribution in [0.1, 0.15) is 28.3 Å². The molecule has 0 radical (unpaired) electrons. The van der Waals surface area contributed by atoms with Gasteiger partial charge in [-0.1, -0.05) is 47.7 Å². The van der Waals surface area contributed by atoms with E-state index in [0.717, 1.165) is 21.3 Å². The number of aromatic nitrogens is 1. The molecule has 5 rings (SSSR count). The van der Waals surface area contributed by atoms with Crippen molar-refractivity contribution in [2.24, 2.45) is 0 Å². The van der Waals surface area contributed by atoms with E-state index in [1.54, 1.807) is 30.3 Å². The van der Waals surface area contributed by atoms with Crippen LogP contribution in [0.2, 0.25) is 0 Å². The Kier molecular flexibility index (Phi) is 5.41. The summed E-state index contributed by atoms with van der Waals surface area (Å²) >= 11 is 1.27. The van der Waals surface area contributed by atoms with Crippen LogP contribution in [0.15, 0.2) is 72.3 Å². The summed E-state index contributed by atoms with van der Waals surface area (Å²) in [6.07, 6.45) is 0. The van der Waals surface area contributed by atoms with Gasteiger partial charge in [-0.15, -0.1) is 0 Å². The van der Waals surface area contributed by atoms with Gasteiger partial charge in [-0.05, 0) is 48.7 Å². The number of Topliss-reactive ketones (excluding diaryl/α,β-unsaturated/α-hetero) is 1. The Morgan fingerprint density at radius 1 is 1.06 bits per heavy atom. The molecule has 1 aliphatic heterocycles. The maximum absolute atomic E-state index is 13.3. The Morgan fingerprint density at radius 2 is 1.74 bits per heavy atom. The van der Waals surface area contributed by atoms with E-state index in [-0.39, 0.29) is 17.0 Å². The van der Waals surface area contributed by atoms with Gasteiger partial charge in [0.25, 0.3) is 11.5 Å². The molecule has 0 saturated carbocycles. The number of non-ortho nitro benzene ring substituents is 1. The van der Waals surface area contributed by atoms with Crippen molar-refractivity contribution in [3.05, 3.63) is 105 Å². The lowest BCUT2D eigenvalue weighted by atomic mass is 9.95. The van der Waals surface area contributed by atoms with Crippen LogP contribution in [-0.4, -0.2) is 26.7 Å². The molecule has 1 saturated heterocycles. The number of fused-ring (bicyclic) bond motifs is 1. The predicted molar refractivity (Wildman–Crippen MR) is 133 cm³/mol. The largest absolute Gasteiger partial charge is 0.507 e. The molecule has 35 heavy (non-hydrogen) atoms. The first-order valence-electron chi connectivity index (χ1n) is 10.7. The van der Waals surface area contributed by atoms with Crippen molar-refractivity contribution in [1.82, 2.24) is 4.98 Å². The molecule has 1 atom stereocenters. The lowest BCUT2D eigenvalue weighted by Gasteiger charge is -2.22. The van der Waals surface area contributed by atoms with Crippen LogP contribution in [0.3, 0.4) is 0 Å². The number of thiazole rings is 1. The van der Waals surface area contributed by atoms with Crippen molar-refractivity contribution in [1.29, 1.82) is 0 Å². The molecule has 9 heteroatoms. The lowest BCUT2D eigenvalue weighted by molar-refractivity contribution is -0.384. The molecule has 1 unspecified atom stereocenters. The van der Waals surface area contributed by atoms with Gasteiger partial charge in [-0.2, -0.15) is 0 Å². The Labute approximate surface area is 203 Å². The van der Waals surface area contributed by atoms with Crippen molar-refractivity contribution in [2.75, 3.05) is 4.90 Å². The fourth-order valence-electron chi connectivity index (χ4n) is 4.34. The number of amides is 1. The minimum atomic E-state index is -1.00. The number of carbonyl (C=O) groups excluding carboxylic acids is 2. The molecule has 0 bridgehead atoms. The van der Waals surface area contributed by atoms with Crippen LogP contribution >= 0.6 is 11.3 Å². The molecule has 1 amide bonds. The quantitative estimate of drug-likeness (QED) is 0.135. The molecule has 0 aliphatic carbocycles. The SMILES string of the molecule is Cc1cc(C)c2nc(N3C(=O)C(=O)C(=C(O)c4ccccc4)C3c3ccc([N+](=O)[O-])cc3)sc2c1. The molecule has 1 fully saturated rings. The number of aryl methyl sites for hydroxylation is 2. The summed E-state index contributed by atoms with van der Waals surface area (Å²) in [6.45, 7) is 3.89. The topological polar surface area (TPSA) is 114 Å². The average molecular weight is 486 g/mol. The third-order valence-corrected chi connectivity index (χ3v) is 6.94. The second kappa shape index (κ2) is 8.44. The zero-order valence-electron chi connectivity index (χ0n) is 18.8. The van der Waals surface area contributed by atoms with Crippen molar-refractivity contribution in [3.63, 3.8) is 0 Å². The molecular formula is C26H19N3O5S. The highest BCUT2D eigenvalue weighted by molar-refractivity contribution is 7.22. The molecular weight excluding hydrogens is 466 g/mol. The number of aliphatic hydroxyl groups excluding tert-OH is 1. The summed E-state index contributed by atoms with van der Waals surface area (Å²) in [7, 11) is 0. The average Bonchev–Trinajstić information content (AvgIpc) is 3.38. The van der Waals surface area contributed by atoms with E-state index >= 15 is 0 Å². The summed E-state index contributed by atoms with van der Waals surface area (Å²) < 4.78 is 0.866. The van der Waals surface area contributed by atoms with Crippen molar-refractivity contribution < 1.29 is 19.6 Å². The number of hydrogen-bond donors (Lipinski definition) is 1. The zero-order chi connectivity index (χ0) is 24.9. The van der Waals surface area contributed by atoms with Gasteiger partial charge in [0.1, 0.15) is 5.76 Å². The number of rotatable bonds is 4. The number of nitro groups is 1. The highest BCUT2D eigenvalue weighted by Crippen LogP contribution is 2.44. The molecule has 4 aromatic rings. The summed E-state index contributed by atoms with van der Waals surface area (Å²) in [4.78, 5) is 43.2. The molecule has 8 nitrogen and oxygen atoms in total. The first-order valence-corrected chi connectivity index (χ1v) is 11.6. The van der Waals surface area contributed by atoms with Crippen LogP contribution in [-0.2, 0) is 9.59 Å². The van der Waals surface area contributed by atoms with Crippen molar-refractivity contribution in [2.45, 2.75) is 19.9 Å². The maximum Gasteiger partial charge on any atom is 0.301 e. The first kappa shape index (κ1) is 22.4. The van der Waals surface area contributed by atoms with E-state index in [9.17, 15) is 24.8 Å². The number of ketones is 1. The second-order valence-corrected chi connectivity index (χ2v) is 9.32. The van der Waals surface area contributed by atoms with Crippen LogP contribution in [0, 0.1) is 24.0 Å². The van der Waals surface area contributed by atoms with E-state index in [4.69, 9.17) is 0 Å². The number of hydrogen-bond acceptors (Lipinski definition) is 7. The van der Waals surface area contributed by atoms with Gasteiger partial charge in [-0.25, -0.2) is 4.98 Å². The van der Waals surface area contributed by atoms with Crippen LogP contribution in [0.4, 0.5) is 10.8 Å². The van der Waals surface area contributed by atoms with Gasteiger partial charge in [0.05, 0.1) is 26.8 Å². The maximum atomic E-state index is 13.3. The molecule has 1 aromatic heterocycles. The van der Waals surface area contributed by atoms with E-state index in [2.05, 4.69) is 4.98 Å². The van der Waals surface area contributed by atoms with E-state index in [1.807, 2.05) is 26.0 Å². The van der Waals surface area contributed by atoms with E-state index < -0.39 is 22.7 Å². The van der Waals surface area contributed by atoms with Gasteiger partial charge >= 0.3 is 5.91 Å². The standard InChI is InChI=1S/C26H19N3O5S/c1-14-12-15(2)21-19(13-14)35-26(27-21)28-22(16-8-10-18(11-9-16)29(33)34)20(24(31)25(28)32)23(30)17-6-4-3-5-7-17/h3-13,22,30H,1-2H3. The predicted octanol–water partition coefficient (Wildman–Crippen LogP) is 5.45. The molecule has 1 aliphatic rings. The van der Waals surface area contributed by atoms with Gasteiger partial charge in [0, 0.05) is 17.7 Å². The monoisotopic (exact) mass is 485 g/mol. The van der Waals surface area contributed by atoms with Gasteiger partial charge in [0.15, 0.2) is 5.13 Å². The number of carbonyl (C=O) groups is 2. The number of nitrogens with zero attached hydrogens (tertiary/aromatic N) is 3.